The minimum absolute atomic E-state index is 0.00508. The highest BCUT2D eigenvalue weighted by atomic mass is 35.5. The largest absolute Gasteiger partial charge is 0.358 e. The molecule has 2 fully saturated rings. The molecule has 1 saturated carbocycles. The number of nitrogens with zero attached hydrogens (tertiary/aromatic N) is 1. The molecule has 1 aromatic heterocycles. The van der Waals surface area contributed by atoms with Gasteiger partial charge in [0.25, 0.3) is 11.8 Å². The van der Waals surface area contributed by atoms with Crippen molar-refractivity contribution in [2.24, 2.45) is 5.92 Å². The number of carbonyl (C=O) groups is 2. The lowest BCUT2D eigenvalue weighted by atomic mass is 10.0. The van der Waals surface area contributed by atoms with Crippen LogP contribution in [-0.4, -0.2) is 55.8 Å². The van der Waals surface area contributed by atoms with E-state index in [0.717, 1.165) is 49.7 Å². The highest BCUT2D eigenvalue weighted by Crippen LogP contribution is 2.37. The second-order valence-electron chi connectivity index (χ2n) is 11.7. The summed E-state index contributed by atoms with van der Waals surface area (Å²) >= 11 is 12.5. The van der Waals surface area contributed by atoms with Gasteiger partial charge in [-0.05, 0) is 94.0 Å². The predicted octanol–water partition coefficient (Wildman–Crippen LogP) is 6.01. The molecule has 3 heterocycles. The molecule has 6 rings (SSSR count). The van der Waals surface area contributed by atoms with Crippen LogP contribution < -0.4 is 10.6 Å². The number of carbonyl (C=O) groups excluding carboxylic acids is 2. The first-order chi connectivity index (χ1) is 20.5. The topological polar surface area (TPSA) is 111 Å². The lowest BCUT2D eigenvalue weighted by molar-refractivity contribution is -0.110. The van der Waals surface area contributed by atoms with E-state index in [1.165, 1.54) is 25.0 Å². The summed E-state index contributed by atoms with van der Waals surface area (Å²) in [6.45, 7) is 6.28. The maximum Gasteiger partial charge on any atom is 0.256 e. The summed E-state index contributed by atoms with van der Waals surface area (Å²) in [5, 5.41) is 6.91. The minimum Gasteiger partial charge on any atom is -0.358 e. The normalized spacial score (nSPS) is 19.3. The Morgan fingerprint density at radius 2 is 1.84 bits per heavy atom. The van der Waals surface area contributed by atoms with E-state index in [0.29, 0.717) is 33.6 Å². The zero-order valence-corrected chi connectivity index (χ0v) is 26.4. The fourth-order valence-corrected chi connectivity index (χ4v) is 8.19. The molecule has 2 aliphatic heterocycles. The Morgan fingerprint density at radius 1 is 1.09 bits per heavy atom. The van der Waals surface area contributed by atoms with Gasteiger partial charge in [-0.25, -0.2) is 8.42 Å². The predicted molar refractivity (Wildman–Crippen MR) is 170 cm³/mol. The molecular weight excluding hydrogens is 607 g/mol. The zero-order valence-electron chi connectivity index (χ0n) is 24.1. The van der Waals surface area contributed by atoms with Gasteiger partial charge in [0.15, 0.2) is 9.84 Å². The van der Waals surface area contributed by atoms with Gasteiger partial charge < -0.3 is 20.5 Å². The lowest BCUT2D eigenvalue weighted by Gasteiger charge is -2.25. The van der Waals surface area contributed by atoms with E-state index in [-0.39, 0.29) is 38.5 Å². The van der Waals surface area contributed by atoms with Gasteiger partial charge in [-0.1, -0.05) is 29.3 Å². The number of rotatable bonds is 9. The smallest absolute Gasteiger partial charge is 0.256 e. The highest BCUT2D eigenvalue weighted by molar-refractivity contribution is 7.90. The van der Waals surface area contributed by atoms with Crippen molar-refractivity contribution < 1.29 is 18.0 Å². The van der Waals surface area contributed by atoms with E-state index >= 15 is 0 Å². The van der Waals surface area contributed by atoms with Crippen molar-refractivity contribution in [2.45, 2.75) is 56.2 Å². The third-order valence-corrected chi connectivity index (χ3v) is 11.0. The minimum atomic E-state index is -3.84. The third kappa shape index (κ3) is 6.00. The molecule has 3 aromatic rings. The Morgan fingerprint density at radius 3 is 2.56 bits per heavy atom. The Labute approximate surface area is 261 Å². The Hall–Kier alpha value is -3.11. The van der Waals surface area contributed by atoms with E-state index in [9.17, 15) is 18.0 Å². The van der Waals surface area contributed by atoms with Gasteiger partial charge in [-0.2, -0.15) is 0 Å². The van der Waals surface area contributed by atoms with Crippen molar-refractivity contribution in [3.05, 3.63) is 80.1 Å². The summed E-state index contributed by atoms with van der Waals surface area (Å²) in [6.07, 6.45) is 6.23. The molecule has 0 unspecified atom stereocenters. The van der Waals surface area contributed by atoms with Crippen molar-refractivity contribution >= 4 is 62.2 Å². The Bertz CT molecular complexity index is 1740. The van der Waals surface area contributed by atoms with Crippen molar-refractivity contribution in [1.29, 1.82) is 0 Å². The number of amides is 2. The number of aryl methyl sites for hydroxylation is 1. The lowest BCUT2D eigenvalue weighted by Crippen LogP contribution is -2.42. The quantitative estimate of drug-likeness (QED) is 0.248. The molecule has 1 aliphatic carbocycles. The number of hydrogen-bond acceptors (Lipinski definition) is 5. The number of nitrogens with one attached hydrogen (secondary N) is 3. The second kappa shape index (κ2) is 11.8. The summed E-state index contributed by atoms with van der Waals surface area (Å²) in [5.41, 5.74) is 4.37. The molecule has 0 spiro atoms. The summed E-state index contributed by atoms with van der Waals surface area (Å²) in [7, 11) is -3.84. The highest BCUT2D eigenvalue weighted by Gasteiger charge is 2.33. The number of hydrogen-bond donors (Lipinski definition) is 3. The van der Waals surface area contributed by atoms with Crippen molar-refractivity contribution in [3.63, 3.8) is 0 Å². The summed E-state index contributed by atoms with van der Waals surface area (Å²) in [4.78, 5) is 32.1. The molecule has 3 aliphatic rings. The number of aromatic amines is 1. The maximum atomic E-state index is 13.8. The fourth-order valence-electron chi connectivity index (χ4n) is 6.07. The number of likely N-dealkylation sites (tertiary alicyclic amines) is 1. The van der Waals surface area contributed by atoms with E-state index in [1.54, 1.807) is 30.3 Å². The third-order valence-electron chi connectivity index (χ3n) is 8.66. The molecule has 1 saturated heterocycles. The van der Waals surface area contributed by atoms with Crippen LogP contribution >= 0.6 is 23.2 Å². The summed E-state index contributed by atoms with van der Waals surface area (Å²) in [6, 6.07) is 9.57. The van der Waals surface area contributed by atoms with Gasteiger partial charge in [-0.3, -0.25) is 9.59 Å². The van der Waals surface area contributed by atoms with Crippen LogP contribution in [0.3, 0.4) is 0 Å². The zero-order chi connectivity index (χ0) is 30.5. The van der Waals surface area contributed by atoms with Gasteiger partial charge in [0.2, 0.25) is 0 Å². The first kappa shape index (κ1) is 29.9. The first-order valence-electron chi connectivity index (χ1n) is 14.6. The van der Waals surface area contributed by atoms with Gasteiger partial charge in [0.1, 0.15) is 0 Å². The monoisotopic (exact) mass is 640 g/mol. The van der Waals surface area contributed by atoms with E-state index in [4.69, 9.17) is 23.2 Å². The van der Waals surface area contributed by atoms with Gasteiger partial charge in [-0.15, -0.1) is 0 Å². The van der Waals surface area contributed by atoms with Crippen LogP contribution in [0.25, 0.3) is 11.6 Å². The van der Waals surface area contributed by atoms with Gasteiger partial charge in [0, 0.05) is 57.4 Å². The van der Waals surface area contributed by atoms with E-state index < -0.39 is 9.84 Å². The average Bonchev–Trinajstić information content (AvgIpc) is 3.46. The number of benzene rings is 2. The molecule has 3 N–H and O–H groups in total. The molecule has 43 heavy (non-hydrogen) atoms. The Balaban J connectivity index is 1.27. The van der Waals surface area contributed by atoms with Gasteiger partial charge >= 0.3 is 0 Å². The number of anilines is 1. The number of sulfone groups is 1. The van der Waals surface area contributed by atoms with Crippen LogP contribution in [-0.2, 0) is 20.4 Å². The van der Waals surface area contributed by atoms with E-state index in [1.807, 2.05) is 18.7 Å². The maximum absolute atomic E-state index is 13.8. The number of halogens is 2. The van der Waals surface area contributed by atoms with Crippen molar-refractivity contribution in [1.82, 2.24) is 15.2 Å². The molecule has 0 radical (unpaired) electrons. The first-order valence-corrected chi connectivity index (χ1v) is 17.0. The summed E-state index contributed by atoms with van der Waals surface area (Å²) in [5.74, 6) is 0.0537. The van der Waals surface area contributed by atoms with Crippen molar-refractivity contribution in [2.75, 3.05) is 25.0 Å². The summed E-state index contributed by atoms with van der Waals surface area (Å²) < 4.78 is 26.8. The average molecular weight is 642 g/mol. The van der Waals surface area contributed by atoms with E-state index in [2.05, 4.69) is 15.6 Å². The number of H-pyrrole nitrogens is 1. The van der Waals surface area contributed by atoms with Crippen LogP contribution in [0.2, 0.25) is 10.0 Å². The van der Waals surface area contributed by atoms with Crippen molar-refractivity contribution in [3.8, 4) is 0 Å². The molecule has 1 atom stereocenters. The molecule has 8 nitrogen and oxygen atoms in total. The second-order valence-corrected chi connectivity index (χ2v) is 14.5. The standard InChI is InChI=1S/C32H34Cl2N4O4S/c1-18-29(36-19(2)30(18)32(40)38-12-4-5-21(38)16-35-15-20-8-9-20)14-24-23-13-22(10-11-28(23)37-31(24)39)43(41,42)17-25-26(33)6-3-7-27(25)34/h3,6-7,10-11,13-14,20-21,35-36H,4-5,8-9,12,15-17H2,1-2H3,(H,37,39)/b24-14-/t21-/m0/s1. The molecular formula is C32H34Cl2N4O4S. The van der Waals surface area contributed by atoms with Crippen LogP contribution in [0.5, 0.6) is 0 Å². The molecule has 11 heteroatoms. The van der Waals surface area contributed by atoms with Gasteiger partial charge in [0.05, 0.1) is 21.8 Å². The SMILES string of the molecule is Cc1[nH]c(/C=C2\C(=O)Nc3ccc(S(=O)(=O)Cc4c(Cl)cccc4Cl)cc32)c(C)c1C(=O)N1CCC[C@H]1CNCC1CC1. The van der Waals surface area contributed by atoms with Crippen LogP contribution in [0.15, 0.2) is 41.3 Å². The number of aromatic nitrogens is 1. The van der Waals surface area contributed by atoms with Crippen LogP contribution in [0.4, 0.5) is 5.69 Å². The molecule has 0 bridgehead atoms. The fraction of sp³-hybridized carbons (Fsp3) is 0.375. The Kier molecular flexibility index (Phi) is 8.19. The molecule has 226 valence electrons. The molecule has 2 amide bonds. The van der Waals surface area contributed by atoms with Crippen LogP contribution in [0.1, 0.15) is 64.1 Å². The number of fused-ring (bicyclic) bond motifs is 1. The van der Waals surface area contributed by atoms with Crippen LogP contribution in [0, 0.1) is 19.8 Å². The molecule has 2 aromatic carbocycles.